The molecule has 0 radical (unpaired) electrons. The van der Waals surface area contributed by atoms with Gasteiger partial charge in [-0.25, -0.2) is 17.8 Å². The van der Waals surface area contributed by atoms with Crippen LogP contribution in [-0.4, -0.2) is 35.4 Å². The van der Waals surface area contributed by atoms with Crippen LogP contribution in [0.2, 0.25) is 0 Å². The highest BCUT2D eigenvalue weighted by atomic mass is 32.2. The van der Waals surface area contributed by atoms with Gasteiger partial charge >= 0.3 is 0 Å². The van der Waals surface area contributed by atoms with Crippen molar-refractivity contribution in [2.75, 3.05) is 18.4 Å². The van der Waals surface area contributed by atoms with E-state index in [4.69, 9.17) is 4.98 Å². The maximum atomic E-state index is 13.6. The summed E-state index contributed by atoms with van der Waals surface area (Å²) in [6, 6.07) is 9.82. The Labute approximate surface area is 176 Å². The number of hydrogen-bond donors (Lipinski definition) is 1. The average Bonchev–Trinajstić information content (AvgIpc) is 3.11. The van der Waals surface area contributed by atoms with Gasteiger partial charge in [-0.3, -0.25) is 0 Å². The molecular formula is C22H27FN4O2S. The van der Waals surface area contributed by atoms with Gasteiger partial charge in [-0.05, 0) is 62.6 Å². The smallest absolute Gasteiger partial charge is 0.243 e. The van der Waals surface area contributed by atoms with Crippen molar-refractivity contribution in [1.82, 2.24) is 13.9 Å². The minimum absolute atomic E-state index is 0.290. The summed E-state index contributed by atoms with van der Waals surface area (Å²) in [4.78, 5) is 4.98. The molecule has 0 amide bonds. The molecule has 0 saturated carbocycles. The van der Waals surface area contributed by atoms with Gasteiger partial charge in [-0.1, -0.05) is 12.5 Å². The van der Waals surface area contributed by atoms with E-state index >= 15 is 0 Å². The SMILES string of the molecule is CCn1c(CNc2cc(F)ccc2C)nc2cc(S(=O)(=O)N3CCCCC3)ccc21. The van der Waals surface area contributed by atoms with Gasteiger partial charge in [0.2, 0.25) is 10.0 Å². The largest absolute Gasteiger partial charge is 0.378 e. The number of halogens is 1. The summed E-state index contributed by atoms with van der Waals surface area (Å²) in [6.45, 7) is 6.21. The van der Waals surface area contributed by atoms with Crippen LogP contribution in [0.3, 0.4) is 0 Å². The van der Waals surface area contributed by atoms with Crippen molar-refractivity contribution in [3.8, 4) is 0 Å². The molecule has 0 aliphatic carbocycles. The summed E-state index contributed by atoms with van der Waals surface area (Å²) in [7, 11) is -3.50. The number of sulfonamides is 1. The van der Waals surface area contributed by atoms with Gasteiger partial charge in [0.05, 0.1) is 22.5 Å². The Hall–Kier alpha value is -2.45. The second-order valence-electron chi connectivity index (χ2n) is 7.70. The van der Waals surface area contributed by atoms with E-state index in [1.54, 1.807) is 22.5 Å². The van der Waals surface area contributed by atoms with Crippen molar-refractivity contribution in [3.05, 3.63) is 53.6 Å². The monoisotopic (exact) mass is 430 g/mol. The number of piperidine rings is 1. The molecule has 30 heavy (non-hydrogen) atoms. The number of aromatic nitrogens is 2. The summed E-state index contributed by atoms with van der Waals surface area (Å²) in [6.07, 6.45) is 2.88. The third-order valence-electron chi connectivity index (χ3n) is 5.70. The third kappa shape index (κ3) is 3.94. The van der Waals surface area contributed by atoms with E-state index in [0.29, 0.717) is 31.7 Å². The van der Waals surface area contributed by atoms with Crippen LogP contribution in [0, 0.1) is 12.7 Å². The van der Waals surface area contributed by atoms with Crippen LogP contribution in [-0.2, 0) is 23.1 Å². The molecule has 2 aromatic carbocycles. The van der Waals surface area contributed by atoms with Crippen LogP contribution in [0.1, 0.15) is 37.6 Å². The molecular weight excluding hydrogens is 403 g/mol. The third-order valence-corrected chi connectivity index (χ3v) is 7.60. The highest BCUT2D eigenvalue weighted by molar-refractivity contribution is 7.89. The lowest BCUT2D eigenvalue weighted by Crippen LogP contribution is -2.35. The second kappa shape index (κ2) is 8.35. The molecule has 3 aromatic rings. The Morgan fingerprint density at radius 1 is 1.10 bits per heavy atom. The number of imidazole rings is 1. The van der Waals surface area contributed by atoms with Gasteiger partial charge in [0.25, 0.3) is 0 Å². The summed E-state index contributed by atoms with van der Waals surface area (Å²) >= 11 is 0. The zero-order valence-corrected chi connectivity index (χ0v) is 18.2. The number of anilines is 1. The molecule has 0 atom stereocenters. The fourth-order valence-electron chi connectivity index (χ4n) is 4.02. The number of fused-ring (bicyclic) bond motifs is 1. The molecule has 8 heteroatoms. The van der Waals surface area contributed by atoms with E-state index in [2.05, 4.69) is 5.32 Å². The second-order valence-corrected chi connectivity index (χ2v) is 9.64. The molecule has 1 aliphatic rings. The lowest BCUT2D eigenvalue weighted by atomic mass is 10.2. The highest BCUT2D eigenvalue weighted by Gasteiger charge is 2.26. The maximum Gasteiger partial charge on any atom is 0.243 e. The number of nitrogens with zero attached hydrogens (tertiary/aromatic N) is 3. The molecule has 0 bridgehead atoms. The van der Waals surface area contributed by atoms with Gasteiger partial charge in [0.1, 0.15) is 11.6 Å². The van der Waals surface area contributed by atoms with Gasteiger partial charge < -0.3 is 9.88 Å². The van der Waals surface area contributed by atoms with Crippen molar-refractivity contribution >= 4 is 26.7 Å². The van der Waals surface area contributed by atoms with Crippen LogP contribution >= 0.6 is 0 Å². The van der Waals surface area contributed by atoms with Gasteiger partial charge in [0, 0.05) is 25.3 Å². The summed E-state index contributed by atoms with van der Waals surface area (Å²) in [5.41, 5.74) is 3.22. The highest BCUT2D eigenvalue weighted by Crippen LogP contribution is 2.25. The van der Waals surface area contributed by atoms with Crippen molar-refractivity contribution in [2.45, 2.75) is 51.1 Å². The Balaban J connectivity index is 1.64. The molecule has 0 spiro atoms. The van der Waals surface area contributed by atoms with E-state index < -0.39 is 10.0 Å². The lowest BCUT2D eigenvalue weighted by molar-refractivity contribution is 0.346. The summed E-state index contributed by atoms with van der Waals surface area (Å²) in [5, 5.41) is 3.25. The standard InChI is InChI=1S/C22H27FN4O2S/c1-3-27-21-10-9-18(30(28,29)26-11-5-4-6-12-26)14-20(21)25-22(27)15-24-19-13-17(23)8-7-16(19)2/h7-10,13-14,24H,3-6,11-12,15H2,1-2H3. The normalized spacial score (nSPS) is 15.6. The van der Waals surface area contributed by atoms with Crippen molar-refractivity contribution in [2.24, 2.45) is 0 Å². The van der Waals surface area contributed by atoms with Crippen molar-refractivity contribution in [1.29, 1.82) is 0 Å². The minimum Gasteiger partial charge on any atom is -0.378 e. The topological polar surface area (TPSA) is 67.2 Å². The van der Waals surface area contributed by atoms with Gasteiger partial charge in [-0.2, -0.15) is 4.31 Å². The number of rotatable bonds is 6. The molecule has 0 unspecified atom stereocenters. The van der Waals surface area contributed by atoms with E-state index in [1.165, 1.54) is 12.1 Å². The van der Waals surface area contributed by atoms with E-state index in [-0.39, 0.29) is 10.7 Å². The van der Waals surface area contributed by atoms with Crippen molar-refractivity contribution < 1.29 is 12.8 Å². The maximum absolute atomic E-state index is 13.6. The summed E-state index contributed by atoms with van der Waals surface area (Å²) in [5.74, 6) is 0.489. The number of nitrogens with one attached hydrogen (secondary N) is 1. The van der Waals surface area contributed by atoms with Crippen LogP contribution in [0.4, 0.5) is 10.1 Å². The van der Waals surface area contributed by atoms with Crippen LogP contribution in [0.25, 0.3) is 11.0 Å². The molecule has 1 fully saturated rings. The molecule has 1 N–H and O–H groups in total. The predicted octanol–water partition coefficient (Wildman–Crippen LogP) is 4.29. The molecule has 2 heterocycles. The molecule has 160 valence electrons. The van der Waals surface area contributed by atoms with Gasteiger partial charge in [0.15, 0.2) is 0 Å². The van der Waals surface area contributed by atoms with E-state index in [0.717, 1.165) is 41.9 Å². The molecule has 4 rings (SSSR count). The van der Waals surface area contributed by atoms with Gasteiger partial charge in [-0.15, -0.1) is 0 Å². The predicted molar refractivity (Wildman–Crippen MR) is 116 cm³/mol. The molecule has 1 saturated heterocycles. The quantitative estimate of drug-likeness (QED) is 0.634. The lowest BCUT2D eigenvalue weighted by Gasteiger charge is -2.25. The Bertz CT molecular complexity index is 1170. The van der Waals surface area contributed by atoms with E-state index in [9.17, 15) is 12.8 Å². The molecule has 6 nitrogen and oxygen atoms in total. The fourth-order valence-corrected chi connectivity index (χ4v) is 5.56. The molecule has 1 aromatic heterocycles. The first-order valence-electron chi connectivity index (χ1n) is 10.4. The molecule has 1 aliphatic heterocycles. The first-order valence-corrected chi connectivity index (χ1v) is 11.8. The van der Waals surface area contributed by atoms with Crippen LogP contribution < -0.4 is 5.32 Å². The Kier molecular flexibility index (Phi) is 5.79. The summed E-state index contributed by atoms with van der Waals surface area (Å²) < 4.78 is 43.2. The fraction of sp³-hybridized carbons (Fsp3) is 0.409. The van der Waals surface area contributed by atoms with Crippen molar-refractivity contribution in [3.63, 3.8) is 0 Å². The zero-order chi connectivity index (χ0) is 21.3. The minimum atomic E-state index is -3.50. The first-order chi connectivity index (χ1) is 14.4. The number of hydrogen-bond acceptors (Lipinski definition) is 4. The first kappa shape index (κ1) is 20.8. The van der Waals surface area contributed by atoms with Crippen LogP contribution in [0.5, 0.6) is 0 Å². The number of aryl methyl sites for hydroxylation is 2. The number of benzene rings is 2. The van der Waals surface area contributed by atoms with Crippen LogP contribution in [0.15, 0.2) is 41.3 Å². The van der Waals surface area contributed by atoms with E-state index in [1.807, 2.05) is 24.5 Å². The Morgan fingerprint density at radius 3 is 2.60 bits per heavy atom. The average molecular weight is 431 g/mol. The Morgan fingerprint density at radius 2 is 1.87 bits per heavy atom. The zero-order valence-electron chi connectivity index (χ0n) is 17.4.